The molecule has 0 spiro atoms. The van der Waals surface area contributed by atoms with Crippen LogP contribution in [-0.2, 0) is 13.0 Å². The summed E-state index contributed by atoms with van der Waals surface area (Å²) in [6.45, 7) is 6.40. The van der Waals surface area contributed by atoms with E-state index in [1.807, 2.05) is 32.9 Å². The van der Waals surface area contributed by atoms with Gasteiger partial charge in [-0.2, -0.15) is 0 Å². The molecule has 1 aliphatic carbocycles. The second-order valence-electron chi connectivity index (χ2n) is 7.44. The van der Waals surface area contributed by atoms with Crippen LogP contribution >= 0.6 is 0 Å². The van der Waals surface area contributed by atoms with Gasteiger partial charge in [0.1, 0.15) is 5.75 Å². The number of rotatable bonds is 5. The molecule has 1 aromatic heterocycles. The number of hydrogen-bond acceptors (Lipinski definition) is 3. The van der Waals surface area contributed by atoms with Crippen molar-refractivity contribution in [3.05, 3.63) is 55.7 Å². The summed E-state index contributed by atoms with van der Waals surface area (Å²) in [7, 11) is 0. The quantitative estimate of drug-likeness (QED) is 0.877. The summed E-state index contributed by atoms with van der Waals surface area (Å²) in [5.41, 5.74) is 2.08. The van der Waals surface area contributed by atoms with Gasteiger partial charge in [0.25, 0.3) is 5.56 Å². The number of benzene rings is 1. The van der Waals surface area contributed by atoms with Gasteiger partial charge in [0.15, 0.2) is 0 Å². The lowest BCUT2D eigenvalue weighted by Crippen LogP contribution is -2.39. The highest BCUT2D eigenvalue weighted by molar-refractivity contribution is 5.36. The fourth-order valence-corrected chi connectivity index (χ4v) is 3.89. The summed E-state index contributed by atoms with van der Waals surface area (Å²) in [4.78, 5) is 28.3. The molecule has 3 rings (SSSR count). The molecule has 1 aromatic carbocycles. The molecule has 0 saturated heterocycles. The lowest BCUT2D eigenvalue weighted by Gasteiger charge is -2.22. The van der Waals surface area contributed by atoms with Crippen molar-refractivity contribution in [2.45, 2.75) is 65.8 Å². The Morgan fingerprint density at radius 2 is 1.73 bits per heavy atom. The average molecular weight is 356 g/mol. The molecule has 1 heterocycles. The van der Waals surface area contributed by atoms with Crippen molar-refractivity contribution < 1.29 is 4.74 Å². The summed E-state index contributed by atoms with van der Waals surface area (Å²) in [5.74, 6) is 1.32. The first-order chi connectivity index (χ1) is 12.5. The van der Waals surface area contributed by atoms with E-state index < -0.39 is 0 Å². The number of nitrogens with zero attached hydrogens (tertiary/aromatic N) is 1. The summed E-state index contributed by atoms with van der Waals surface area (Å²) in [6, 6.07) is 5.86. The second kappa shape index (κ2) is 7.94. The molecule has 0 amide bonds. The van der Waals surface area contributed by atoms with Crippen molar-refractivity contribution in [3.63, 3.8) is 0 Å². The zero-order chi connectivity index (χ0) is 18.7. The molecule has 5 heteroatoms. The third kappa shape index (κ3) is 4.09. The minimum atomic E-state index is -0.378. The molecule has 0 aliphatic heterocycles. The molecule has 5 nitrogen and oxygen atoms in total. The van der Waals surface area contributed by atoms with Crippen LogP contribution in [0.3, 0.4) is 0 Å². The first-order valence-corrected chi connectivity index (χ1v) is 9.60. The van der Waals surface area contributed by atoms with Crippen molar-refractivity contribution in [3.8, 4) is 11.6 Å². The molecule has 2 aromatic rings. The third-order valence-corrected chi connectivity index (χ3v) is 5.18. The van der Waals surface area contributed by atoms with E-state index in [1.54, 1.807) is 0 Å². The van der Waals surface area contributed by atoms with E-state index in [0.717, 1.165) is 24.0 Å². The van der Waals surface area contributed by atoms with Crippen molar-refractivity contribution in [2.24, 2.45) is 5.92 Å². The molecular weight excluding hydrogens is 328 g/mol. The van der Waals surface area contributed by atoms with Gasteiger partial charge in [0, 0.05) is 6.54 Å². The lowest BCUT2D eigenvalue weighted by molar-refractivity contribution is 0.309. The van der Waals surface area contributed by atoms with E-state index in [0.29, 0.717) is 30.2 Å². The summed E-state index contributed by atoms with van der Waals surface area (Å²) in [6.07, 6.45) is 6.32. The summed E-state index contributed by atoms with van der Waals surface area (Å²) in [5, 5.41) is 0. The van der Waals surface area contributed by atoms with Gasteiger partial charge in [-0.05, 0) is 62.3 Å². The zero-order valence-corrected chi connectivity index (χ0v) is 15.9. The molecule has 0 atom stereocenters. The standard InChI is InChI=1S/C21H28N2O3/c1-4-18-19(26-17-11-14(2)10-15(3)12-17)22-21(25)23(20(18)24)13-16-8-6-5-7-9-16/h10-12,16H,4-9,13H2,1-3H3,(H,22,25). The van der Waals surface area contributed by atoms with E-state index in [4.69, 9.17) is 4.74 Å². The summed E-state index contributed by atoms with van der Waals surface area (Å²) >= 11 is 0. The lowest BCUT2D eigenvalue weighted by atomic mass is 9.89. The maximum Gasteiger partial charge on any atom is 0.331 e. The van der Waals surface area contributed by atoms with Crippen LogP contribution in [0.4, 0.5) is 0 Å². The van der Waals surface area contributed by atoms with E-state index in [2.05, 4.69) is 11.1 Å². The minimum absolute atomic E-state index is 0.221. The Bertz CT molecular complexity index is 869. The third-order valence-electron chi connectivity index (χ3n) is 5.18. The number of aromatic amines is 1. The molecule has 26 heavy (non-hydrogen) atoms. The Morgan fingerprint density at radius 1 is 1.08 bits per heavy atom. The maximum atomic E-state index is 12.9. The number of ether oxygens (including phenoxy) is 1. The Balaban J connectivity index is 1.94. The minimum Gasteiger partial charge on any atom is -0.440 e. The monoisotopic (exact) mass is 356 g/mol. The highest BCUT2D eigenvalue weighted by Gasteiger charge is 2.19. The molecule has 0 radical (unpaired) electrons. The predicted octanol–water partition coefficient (Wildman–Crippen LogP) is 4.09. The topological polar surface area (TPSA) is 64.1 Å². The first kappa shape index (κ1) is 18.5. The van der Waals surface area contributed by atoms with Crippen LogP contribution in [-0.4, -0.2) is 9.55 Å². The van der Waals surface area contributed by atoms with Crippen LogP contribution in [0.1, 0.15) is 55.7 Å². The Hall–Kier alpha value is -2.30. The van der Waals surface area contributed by atoms with Crippen LogP contribution in [0.25, 0.3) is 0 Å². The molecule has 0 unspecified atom stereocenters. The van der Waals surface area contributed by atoms with E-state index in [1.165, 1.54) is 23.8 Å². The molecule has 1 fully saturated rings. The number of nitrogens with one attached hydrogen (secondary N) is 1. The van der Waals surface area contributed by atoms with Gasteiger partial charge in [-0.15, -0.1) is 0 Å². The predicted molar refractivity (Wildman–Crippen MR) is 103 cm³/mol. The van der Waals surface area contributed by atoms with Crippen LogP contribution in [0.2, 0.25) is 0 Å². The van der Waals surface area contributed by atoms with E-state index in [9.17, 15) is 9.59 Å². The molecule has 140 valence electrons. The van der Waals surface area contributed by atoms with E-state index in [-0.39, 0.29) is 17.1 Å². The number of hydrogen-bond donors (Lipinski definition) is 1. The van der Waals surface area contributed by atoms with Crippen molar-refractivity contribution >= 4 is 0 Å². The fraction of sp³-hybridized carbons (Fsp3) is 0.524. The van der Waals surface area contributed by atoms with Gasteiger partial charge in [-0.25, -0.2) is 4.79 Å². The highest BCUT2D eigenvalue weighted by atomic mass is 16.5. The van der Waals surface area contributed by atoms with Crippen LogP contribution in [0.5, 0.6) is 11.6 Å². The SMILES string of the molecule is CCc1c(Oc2cc(C)cc(C)c2)[nH]c(=O)n(CC2CCCCC2)c1=O. The van der Waals surface area contributed by atoms with Crippen molar-refractivity contribution in [1.29, 1.82) is 0 Å². The molecule has 1 aliphatic rings. The van der Waals surface area contributed by atoms with Crippen LogP contribution in [0.15, 0.2) is 27.8 Å². The maximum absolute atomic E-state index is 12.9. The normalized spacial score (nSPS) is 15.2. The van der Waals surface area contributed by atoms with Gasteiger partial charge >= 0.3 is 5.69 Å². The second-order valence-corrected chi connectivity index (χ2v) is 7.44. The van der Waals surface area contributed by atoms with Crippen LogP contribution in [0, 0.1) is 19.8 Å². The van der Waals surface area contributed by atoms with Crippen LogP contribution < -0.4 is 16.0 Å². The van der Waals surface area contributed by atoms with Crippen molar-refractivity contribution in [1.82, 2.24) is 9.55 Å². The average Bonchev–Trinajstić information content (AvgIpc) is 2.59. The van der Waals surface area contributed by atoms with Gasteiger partial charge in [-0.3, -0.25) is 14.3 Å². The molecule has 1 saturated carbocycles. The largest absolute Gasteiger partial charge is 0.440 e. The van der Waals surface area contributed by atoms with Gasteiger partial charge in [0.2, 0.25) is 5.88 Å². The molecule has 0 bridgehead atoms. The molecular formula is C21H28N2O3. The number of aryl methyl sites for hydroxylation is 2. The van der Waals surface area contributed by atoms with E-state index >= 15 is 0 Å². The molecule has 1 N–H and O–H groups in total. The fourth-order valence-electron chi connectivity index (χ4n) is 3.89. The van der Waals surface area contributed by atoms with Crippen molar-refractivity contribution in [2.75, 3.05) is 0 Å². The Labute approximate surface area is 154 Å². The van der Waals surface area contributed by atoms with Gasteiger partial charge in [-0.1, -0.05) is 32.3 Å². The Kier molecular flexibility index (Phi) is 5.64. The smallest absolute Gasteiger partial charge is 0.331 e. The number of aromatic nitrogens is 2. The highest BCUT2D eigenvalue weighted by Crippen LogP contribution is 2.25. The van der Waals surface area contributed by atoms with Gasteiger partial charge in [0.05, 0.1) is 5.56 Å². The zero-order valence-electron chi connectivity index (χ0n) is 15.9. The Morgan fingerprint density at radius 3 is 2.35 bits per heavy atom. The summed E-state index contributed by atoms with van der Waals surface area (Å²) < 4.78 is 7.26. The first-order valence-electron chi connectivity index (χ1n) is 9.60. The number of H-pyrrole nitrogens is 1. The van der Waals surface area contributed by atoms with Gasteiger partial charge < -0.3 is 4.74 Å².